The molecule has 0 N–H and O–H groups in total. The number of fused-ring (bicyclic) bond motifs is 1. The number of carbonyl (C=O) groups is 4. The van der Waals surface area contributed by atoms with Gasteiger partial charge in [0.1, 0.15) is 35.8 Å². The topological polar surface area (TPSA) is 203 Å². The average molecular weight is 779 g/mol. The number of ether oxygens (including phenoxy) is 3. The lowest BCUT2D eigenvalue weighted by Crippen LogP contribution is -2.70. The standard InChI is InChI=1S/C33H24BrN5O11S/c1-19(40)50-27(33(34)30(42)37-26(18-51-31(33)37)29(41)48-16-20-7-11-23(12-8-20)38(44)45)25-15-36(28(35-25)22-5-3-2-4-6-22)32(43)49-17-21-9-13-24(14-10-21)39(46)47/h2-15,18,27,31H,16-17H2,1H3. The number of esters is 2. The minimum absolute atomic E-state index is 0.0241. The van der Waals surface area contributed by atoms with Crippen LogP contribution >= 0.6 is 27.7 Å². The quantitative estimate of drug-likeness (QED) is 0.0442. The molecule has 3 atom stereocenters. The predicted octanol–water partition coefficient (Wildman–Crippen LogP) is 5.79. The maximum absolute atomic E-state index is 13.9. The van der Waals surface area contributed by atoms with E-state index in [2.05, 4.69) is 20.9 Å². The van der Waals surface area contributed by atoms with E-state index >= 15 is 0 Å². The maximum atomic E-state index is 13.9. The lowest BCUT2D eigenvalue weighted by molar-refractivity contribution is -0.385. The molecular formula is C33H24BrN5O11S. The number of hydrogen-bond acceptors (Lipinski definition) is 13. The molecule has 0 bridgehead atoms. The normalized spacial score (nSPS) is 18.2. The number of rotatable bonds is 11. The van der Waals surface area contributed by atoms with E-state index < -0.39 is 49.6 Å². The van der Waals surface area contributed by atoms with Gasteiger partial charge in [-0.3, -0.25) is 34.7 Å². The Morgan fingerprint density at radius 2 is 1.49 bits per heavy atom. The summed E-state index contributed by atoms with van der Waals surface area (Å²) in [5.74, 6) is -2.09. The van der Waals surface area contributed by atoms with Crippen molar-refractivity contribution in [2.45, 2.75) is 35.9 Å². The van der Waals surface area contributed by atoms with Gasteiger partial charge in [0.2, 0.25) is 0 Å². The number of imidazole rings is 1. The SMILES string of the molecule is CC(=O)OC(c1cn(C(=O)OCc2ccc([N+](=O)[O-])cc2)c(-c2ccccc2)n1)C1(Br)C(=O)N2C(C(=O)OCc3ccc([N+](=O)[O-])cc3)=CSC21. The fourth-order valence-electron chi connectivity index (χ4n) is 5.34. The van der Waals surface area contributed by atoms with Crippen molar-refractivity contribution in [3.05, 3.63) is 133 Å². The van der Waals surface area contributed by atoms with Crippen LogP contribution in [-0.4, -0.2) is 57.9 Å². The van der Waals surface area contributed by atoms with E-state index in [1.165, 1.54) is 65.0 Å². The van der Waals surface area contributed by atoms with Gasteiger partial charge < -0.3 is 14.2 Å². The van der Waals surface area contributed by atoms with Crippen LogP contribution in [0.4, 0.5) is 16.2 Å². The molecule has 18 heteroatoms. The summed E-state index contributed by atoms with van der Waals surface area (Å²) in [5, 5.41) is 22.6. The third kappa shape index (κ3) is 6.82. The van der Waals surface area contributed by atoms with Crippen molar-refractivity contribution >= 4 is 63.0 Å². The number of alkyl halides is 1. The second kappa shape index (κ2) is 14.2. The van der Waals surface area contributed by atoms with Crippen molar-refractivity contribution in [1.29, 1.82) is 0 Å². The van der Waals surface area contributed by atoms with Gasteiger partial charge in [-0.25, -0.2) is 19.1 Å². The molecule has 1 aromatic heterocycles. The molecule has 1 fully saturated rings. The van der Waals surface area contributed by atoms with Crippen LogP contribution < -0.4 is 0 Å². The molecule has 6 rings (SSSR count). The van der Waals surface area contributed by atoms with Gasteiger partial charge in [0.15, 0.2) is 10.4 Å². The summed E-state index contributed by atoms with van der Waals surface area (Å²) < 4.78 is 16.0. The van der Waals surface area contributed by atoms with E-state index in [0.717, 1.165) is 23.3 Å². The van der Waals surface area contributed by atoms with Crippen molar-refractivity contribution in [3.63, 3.8) is 0 Å². The van der Waals surface area contributed by atoms with Gasteiger partial charge in [0.25, 0.3) is 17.3 Å². The van der Waals surface area contributed by atoms with Crippen LogP contribution in [-0.2, 0) is 41.8 Å². The first-order valence-corrected chi connectivity index (χ1v) is 16.6. The molecule has 3 heterocycles. The smallest absolute Gasteiger partial charge is 0.420 e. The molecule has 3 aromatic carbocycles. The van der Waals surface area contributed by atoms with E-state index in [4.69, 9.17) is 14.2 Å². The minimum atomic E-state index is -1.63. The fourth-order valence-corrected chi connectivity index (χ4v) is 7.60. The first-order valence-electron chi connectivity index (χ1n) is 14.9. The Balaban J connectivity index is 1.23. The van der Waals surface area contributed by atoms with Crippen molar-refractivity contribution in [2.75, 3.05) is 0 Å². The van der Waals surface area contributed by atoms with Crippen molar-refractivity contribution in [2.24, 2.45) is 0 Å². The first-order chi connectivity index (χ1) is 24.4. The number of β-lactam (4-membered cyclic amide) rings is 1. The van der Waals surface area contributed by atoms with Gasteiger partial charge in [-0.05, 0) is 35.4 Å². The molecule has 2 aliphatic rings. The van der Waals surface area contributed by atoms with E-state index in [0.29, 0.717) is 16.7 Å². The van der Waals surface area contributed by atoms with Crippen molar-refractivity contribution in [3.8, 4) is 11.4 Å². The zero-order chi connectivity index (χ0) is 36.4. The highest BCUT2D eigenvalue weighted by Crippen LogP contribution is 2.58. The summed E-state index contributed by atoms with van der Waals surface area (Å²) in [6.07, 6.45) is -0.960. The Labute approximate surface area is 300 Å². The fraction of sp³-hybridized carbons (Fsp3) is 0.182. The molecular weight excluding hydrogens is 754 g/mol. The van der Waals surface area contributed by atoms with Crippen LogP contribution in [0.3, 0.4) is 0 Å². The minimum Gasteiger partial charge on any atom is -0.456 e. The number of thioether (sulfide) groups is 1. The highest BCUT2D eigenvalue weighted by molar-refractivity contribution is 9.10. The Bertz CT molecular complexity index is 2090. The number of nitro benzene ring substituents is 2. The third-order valence-corrected chi connectivity index (χ3v) is 10.5. The van der Waals surface area contributed by atoms with Crippen LogP contribution in [0.2, 0.25) is 0 Å². The summed E-state index contributed by atoms with van der Waals surface area (Å²) in [5.41, 5.74) is 1.20. The number of benzene rings is 3. The van der Waals surface area contributed by atoms with Gasteiger partial charge in [-0.15, -0.1) is 11.8 Å². The number of carbonyl (C=O) groups excluding carboxylic acids is 4. The molecule has 16 nitrogen and oxygen atoms in total. The van der Waals surface area contributed by atoms with Crippen LogP contribution in [0.1, 0.15) is 29.8 Å². The monoisotopic (exact) mass is 777 g/mol. The zero-order valence-corrected chi connectivity index (χ0v) is 28.6. The van der Waals surface area contributed by atoms with Crippen LogP contribution in [0.25, 0.3) is 11.4 Å². The lowest BCUT2D eigenvalue weighted by atomic mass is 9.89. The van der Waals surface area contributed by atoms with Gasteiger partial charge >= 0.3 is 18.0 Å². The van der Waals surface area contributed by atoms with Crippen LogP contribution in [0.15, 0.2) is 96.2 Å². The molecule has 51 heavy (non-hydrogen) atoms. The summed E-state index contributed by atoms with van der Waals surface area (Å²) in [6.45, 7) is 0.717. The van der Waals surface area contributed by atoms with E-state index in [1.807, 2.05) is 0 Å². The molecule has 4 aromatic rings. The lowest BCUT2D eigenvalue weighted by Gasteiger charge is -2.51. The summed E-state index contributed by atoms with van der Waals surface area (Å²) in [6, 6.07) is 19.5. The predicted molar refractivity (Wildman–Crippen MR) is 182 cm³/mol. The number of nitrogens with zero attached hydrogens (tertiary/aromatic N) is 5. The molecule has 0 spiro atoms. The summed E-state index contributed by atoms with van der Waals surface area (Å²) in [7, 11) is 0. The largest absolute Gasteiger partial charge is 0.456 e. The Hall–Kier alpha value is -5.88. The molecule has 1 saturated heterocycles. The Morgan fingerprint density at radius 1 is 0.922 bits per heavy atom. The van der Waals surface area contributed by atoms with Crippen molar-refractivity contribution in [1.82, 2.24) is 14.5 Å². The molecule has 260 valence electrons. The summed E-state index contributed by atoms with van der Waals surface area (Å²) in [4.78, 5) is 79.4. The van der Waals surface area contributed by atoms with Crippen LogP contribution in [0, 0.1) is 20.2 Å². The second-order valence-corrected chi connectivity index (χ2v) is 13.4. The highest BCUT2D eigenvalue weighted by Gasteiger charge is 2.69. The number of nitro groups is 2. The maximum Gasteiger partial charge on any atom is 0.420 e. The number of aromatic nitrogens is 2. The van der Waals surface area contributed by atoms with Crippen LogP contribution in [0.5, 0.6) is 0 Å². The number of non-ortho nitro benzene ring substituents is 2. The van der Waals surface area contributed by atoms with E-state index in [-0.39, 0.29) is 41.8 Å². The van der Waals surface area contributed by atoms with E-state index in [1.54, 1.807) is 30.3 Å². The third-order valence-electron chi connectivity index (χ3n) is 7.83. The average Bonchev–Trinajstić information content (AvgIpc) is 3.76. The van der Waals surface area contributed by atoms with Gasteiger partial charge in [0, 0.05) is 48.4 Å². The van der Waals surface area contributed by atoms with Gasteiger partial charge in [-0.1, -0.05) is 46.3 Å². The first kappa shape index (κ1) is 35.0. The Morgan fingerprint density at radius 3 is 2.04 bits per heavy atom. The van der Waals surface area contributed by atoms with Crippen molar-refractivity contribution < 1.29 is 43.2 Å². The number of hydrogen-bond donors (Lipinski definition) is 0. The molecule has 3 unspecified atom stereocenters. The number of amides is 1. The molecule has 2 aliphatic heterocycles. The second-order valence-electron chi connectivity index (χ2n) is 11.1. The molecule has 0 aliphatic carbocycles. The van der Waals surface area contributed by atoms with Gasteiger partial charge in [-0.2, -0.15) is 0 Å². The summed E-state index contributed by atoms with van der Waals surface area (Å²) >= 11 is 4.60. The zero-order valence-electron chi connectivity index (χ0n) is 26.2. The molecule has 0 radical (unpaired) electrons. The number of halogens is 1. The molecule has 0 saturated carbocycles. The van der Waals surface area contributed by atoms with Gasteiger partial charge in [0.05, 0.1) is 9.85 Å². The van der Waals surface area contributed by atoms with E-state index in [9.17, 15) is 39.4 Å². The Kier molecular flexibility index (Phi) is 9.71. The highest BCUT2D eigenvalue weighted by atomic mass is 79.9. The molecule has 1 amide bonds.